The molecule has 92 valence electrons. The number of nitrogens with two attached hydrogens (primary N) is 1. The number of rotatable bonds is 2. The highest BCUT2D eigenvalue weighted by molar-refractivity contribution is 5.78. The maximum atomic E-state index is 5.95. The molecule has 0 atom stereocenters. The van der Waals surface area contributed by atoms with E-state index in [4.69, 9.17) is 10.5 Å². The van der Waals surface area contributed by atoms with Gasteiger partial charge >= 0.3 is 0 Å². The van der Waals surface area contributed by atoms with Crippen LogP contribution in [0.5, 0.6) is 0 Å². The van der Waals surface area contributed by atoms with E-state index >= 15 is 0 Å². The second-order valence-corrected chi connectivity index (χ2v) is 4.26. The fourth-order valence-corrected chi connectivity index (χ4v) is 1.88. The summed E-state index contributed by atoms with van der Waals surface area (Å²) in [5, 5.41) is 0. The summed E-state index contributed by atoms with van der Waals surface area (Å²) in [7, 11) is 0. The summed E-state index contributed by atoms with van der Waals surface area (Å²) in [5.74, 6) is 0.620. The van der Waals surface area contributed by atoms with Gasteiger partial charge in [-0.3, -0.25) is 0 Å². The first-order valence-corrected chi connectivity index (χ1v) is 5.94. The molecule has 1 aliphatic rings. The van der Waals surface area contributed by atoms with E-state index in [9.17, 15) is 0 Å². The highest BCUT2D eigenvalue weighted by atomic mass is 16.5. The minimum atomic E-state index is 0.620. The molecule has 1 heterocycles. The molecule has 1 aliphatic heterocycles. The Balaban J connectivity index is 1.95. The molecular formula is C13H19N3O. The first kappa shape index (κ1) is 11.9. The first-order valence-electron chi connectivity index (χ1n) is 5.94. The minimum absolute atomic E-state index is 0.620. The van der Waals surface area contributed by atoms with Crippen LogP contribution in [0.4, 0.5) is 0 Å². The largest absolute Gasteiger partial charge is 0.378 e. The van der Waals surface area contributed by atoms with Gasteiger partial charge in [-0.25, -0.2) is 4.99 Å². The van der Waals surface area contributed by atoms with Crippen LogP contribution in [0, 0.1) is 6.92 Å². The number of guanidine groups is 1. The molecule has 0 unspecified atom stereocenters. The molecule has 1 fully saturated rings. The molecule has 1 aromatic carbocycles. The highest BCUT2D eigenvalue weighted by Gasteiger charge is 2.11. The van der Waals surface area contributed by atoms with Crippen LogP contribution in [0.3, 0.4) is 0 Å². The number of aryl methyl sites for hydroxylation is 1. The standard InChI is InChI=1S/C13H19N3O/c1-11-3-2-4-12(9-11)10-15-13(14)16-5-7-17-8-6-16/h2-4,9H,5-8,10H2,1H3,(H2,14,15). The van der Waals surface area contributed by atoms with E-state index in [0.29, 0.717) is 12.5 Å². The van der Waals surface area contributed by atoms with Crippen LogP contribution in [0.2, 0.25) is 0 Å². The Morgan fingerprint density at radius 3 is 2.88 bits per heavy atom. The van der Waals surface area contributed by atoms with Crippen molar-refractivity contribution in [2.45, 2.75) is 13.5 Å². The number of aliphatic imine (C=N–C) groups is 1. The molecule has 0 bridgehead atoms. The molecule has 17 heavy (non-hydrogen) atoms. The Morgan fingerprint density at radius 1 is 1.41 bits per heavy atom. The molecule has 0 aromatic heterocycles. The molecular weight excluding hydrogens is 214 g/mol. The van der Waals surface area contributed by atoms with Gasteiger partial charge in [0.05, 0.1) is 19.8 Å². The van der Waals surface area contributed by atoms with Crippen molar-refractivity contribution in [2.75, 3.05) is 26.3 Å². The lowest BCUT2D eigenvalue weighted by Gasteiger charge is -2.27. The lowest BCUT2D eigenvalue weighted by Crippen LogP contribution is -2.44. The third kappa shape index (κ3) is 3.46. The monoisotopic (exact) mass is 233 g/mol. The van der Waals surface area contributed by atoms with Crippen molar-refractivity contribution in [1.82, 2.24) is 4.90 Å². The second kappa shape index (κ2) is 5.68. The van der Waals surface area contributed by atoms with E-state index in [1.807, 2.05) is 6.07 Å². The third-order valence-electron chi connectivity index (χ3n) is 2.84. The Bertz CT molecular complexity index is 397. The number of benzene rings is 1. The molecule has 4 nitrogen and oxygen atoms in total. The Hall–Kier alpha value is -1.55. The normalized spacial score (nSPS) is 17.2. The van der Waals surface area contributed by atoms with Crippen molar-refractivity contribution in [3.8, 4) is 0 Å². The summed E-state index contributed by atoms with van der Waals surface area (Å²) < 4.78 is 5.28. The van der Waals surface area contributed by atoms with Gasteiger partial charge in [-0.05, 0) is 12.5 Å². The molecule has 0 radical (unpaired) electrons. The maximum Gasteiger partial charge on any atom is 0.191 e. The van der Waals surface area contributed by atoms with Crippen molar-refractivity contribution in [2.24, 2.45) is 10.7 Å². The molecule has 1 aromatic rings. The average molecular weight is 233 g/mol. The topological polar surface area (TPSA) is 50.8 Å². The van der Waals surface area contributed by atoms with E-state index in [0.717, 1.165) is 26.3 Å². The van der Waals surface area contributed by atoms with Gasteiger partial charge in [0, 0.05) is 13.1 Å². The van der Waals surface area contributed by atoms with Gasteiger partial charge in [-0.15, -0.1) is 0 Å². The molecule has 0 aliphatic carbocycles. The molecule has 0 saturated carbocycles. The zero-order chi connectivity index (χ0) is 12.1. The molecule has 4 heteroatoms. The van der Waals surface area contributed by atoms with Gasteiger partial charge < -0.3 is 15.4 Å². The van der Waals surface area contributed by atoms with E-state index in [1.54, 1.807) is 0 Å². The second-order valence-electron chi connectivity index (χ2n) is 4.26. The van der Waals surface area contributed by atoms with Crippen LogP contribution in [-0.4, -0.2) is 37.2 Å². The van der Waals surface area contributed by atoms with Crippen LogP contribution < -0.4 is 5.73 Å². The van der Waals surface area contributed by atoms with Crippen LogP contribution in [0.1, 0.15) is 11.1 Å². The maximum absolute atomic E-state index is 5.95. The van der Waals surface area contributed by atoms with Crippen molar-refractivity contribution < 1.29 is 4.74 Å². The van der Waals surface area contributed by atoms with E-state index in [-0.39, 0.29) is 0 Å². The van der Waals surface area contributed by atoms with Crippen LogP contribution in [0.25, 0.3) is 0 Å². The summed E-state index contributed by atoms with van der Waals surface area (Å²) in [5.41, 5.74) is 8.40. The van der Waals surface area contributed by atoms with Crippen molar-refractivity contribution in [3.05, 3.63) is 35.4 Å². The van der Waals surface area contributed by atoms with Gasteiger partial charge in [0.15, 0.2) is 5.96 Å². The smallest absolute Gasteiger partial charge is 0.191 e. The van der Waals surface area contributed by atoms with Crippen LogP contribution in [0.15, 0.2) is 29.3 Å². The van der Waals surface area contributed by atoms with Crippen molar-refractivity contribution in [3.63, 3.8) is 0 Å². The highest BCUT2D eigenvalue weighted by Crippen LogP contribution is 2.05. The van der Waals surface area contributed by atoms with Crippen LogP contribution in [-0.2, 0) is 11.3 Å². The van der Waals surface area contributed by atoms with Gasteiger partial charge in [-0.1, -0.05) is 29.8 Å². The number of nitrogens with zero attached hydrogens (tertiary/aromatic N) is 2. The number of hydrogen-bond acceptors (Lipinski definition) is 2. The molecule has 0 spiro atoms. The zero-order valence-corrected chi connectivity index (χ0v) is 10.2. The summed E-state index contributed by atoms with van der Waals surface area (Å²) in [4.78, 5) is 6.49. The van der Waals surface area contributed by atoms with Crippen LogP contribution >= 0.6 is 0 Å². The number of morpholine rings is 1. The van der Waals surface area contributed by atoms with Crippen molar-refractivity contribution in [1.29, 1.82) is 0 Å². The zero-order valence-electron chi connectivity index (χ0n) is 10.2. The molecule has 0 amide bonds. The number of ether oxygens (including phenoxy) is 1. The fraction of sp³-hybridized carbons (Fsp3) is 0.462. The predicted molar refractivity (Wildman–Crippen MR) is 68.9 cm³/mol. The SMILES string of the molecule is Cc1cccc(CN=C(N)N2CCOCC2)c1. The average Bonchev–Trinajstić information content (AvgIpc) is 2.37. The third-order valence-corrected chi connectivity index (χ3v) is 2.84. The van der Waals surface area contributed by atoms with Gasteiger partial charge in [0.1, 0.15) is 0 Å². The Morgan fingerprint density at radius 2 is 2.18 bits per heavy atom. The van der Waals surface area contributed by atoms with E-state index < -0.39 is 0 Å². The summed E-state index contributed by atoms with van der Waals surface area (Å²) in [6, 6.07) is 8.34. The fourth-order valence-electron chi connectivity index (χ4n) is 1.88. The Labute approximate surface area is 102 Å². The van der Waals surface area contributed by atoms with Gasteiger partial charge in [-0.2, -0.15) is 0 Å². The summed E-state index contributed by atoms with van der Waals surface area (Å²) >= 11 is 0. The van der Waals surface area contributed by atoms with Gasteiger partial charge in [0.2, 0.25) is 0 Å². The van der Waals surface area contributed by atoms with E-state index in [1.165, 1.54) is 11.1 Å². The lowest BCUT2D eigenvalue weighted by atomic mass is 10.1. The predicted octanol–water partition coefficient (Wildman–Crippen LogP) is 1.14. The van der Waals surface area contributed by atoms with Crippen molar-refractivity contribution >= 4 is 5.96 Å². The quantitative estimate of drug-likeness (QED) is 0.615. The first-order chi connectivity index (χ1) is 8.25. The molecule has 1 saturated heterocycles. The minimum Gasteiger partial charge on any atom is -0.378 e. The van der Waals surface area contributed by atoms with E-state index in [2.05, 4.69) is 35.0 Å². The lowest BCUT2D eigenvalue weighted by molar-refractivity contribution is 0.0674. The summed E-state index contributed by atoms with van der Waals surface area (Å²) in [6.07, 6.45) is 0. The molecule has 2 N–H and O–H groups in total. The Kier molecular flexibility index (Phi) is 3.98. The molecule has 2 rings (SSSR count). The summed E-state index contributed by atoms with van der Waals surface area (Å²) in [6.45, 7) is 5.87. The number of hydrogen-bond donors (Lipinski definition) is 1. The van der Waals surface area contributed by atoms with Gasteiger partial charge in [0.25, 0.3) is 0 Å².